The summed E-state index contributed by atoms with van der Waals surface area (Å²) in [5.41, 5.74) is 6.95. The largest absolute Gasteiger partial charge is 0.379 e. The fourth-order valence-electron chi connectivity index (χ4n) is 2.15. The fraction of sp³-hybridized carbons (Fsp3) is 0.583. The maximum absolute atomic E-state index is 5.67. The first-order valence-corrected chi connectivity index (χ1v) is 5.46. The van der Waals surface area contributed by atoms with Gasteiger partial charge in [-0.25, -0.2) is 0 Å². The van der Waals surface area contributed by atoms with Crippen LogP contribution >= 0.6 is 0 Å². The van der Waals surface area contributed by atoms with Crippen LogP contribution in [0.3, 0.4) is 0 Å². The monoisotopic (exact) mass is 206 g/mol. The van der Waals surface area contributed by atoms with E-state index < -0.39 is 0 Å². The molecule has 15 heavy (non-hydrogen) atoms. The van der Waals surface area contributed by atoms with E-state index in [1.54, 1.807) is 0 Å². The van der Waals surface area contributed by atoms with Gasteiger partial charge in [0.1, 0.15) is 0 Å². The SMILES string of the molecule is CC(CN)CC1(c2ccccn2)COC1. The van der Waals surface area contributed by atoms with Crippen LogP contribution < -0.4 is 5.73 Å². The van der Waals surface area contributed by atoms with E-state index in [0.29, 0.717) is 5.92 Å². The smallest absolute Gasteiger partial charge is 0.0601 e. The third kappa shape index (κ3) is 2.03. The second-order valence-corrected chi connectivity index (χ2v) is 4.53. The highest BCUT2D eigenvalue weighted by Crippen LogP contribution is 2.36. The Morgan fingerprint density at radius 3 is 2.80 bits per heavy atom. The van der Waals surface area contributed by atoms with Crippen LogP contribution in [0, 0.1) is 5.92 Å². The summed E-state index contributed by atoms with van der Waals surface area (Å²) in [6, 6.07) is 6.07. The van der Waals surface area contributed by atoms with Crippen molar-refractivity contribution in [3.63, 3.8) is 0 Å². The van der Waals surface area contributed by atoms with Gasteiger partial charge in [-0.05, 0) is 31.0 Å². The Bertz CT molecular complexity index is 309. The van der Waals surface area contributed by atoms with Crippen LogP contribution in [0.1, 0.15) is 19.0 Å². The van der Waals surface area contributed by atoms with E-state index in [0.717, 1.165) is 31.9 Å². The average molecular weight is 206 g/mol. The second-order valence-electron chi connectivity index (χ2n) is 4.53. The van der Waals surface area contributed by atoms with Crippen molar-refractivity contribution in [2.45, 2.75) is 18.8 Å². The molecule has 82 valence electrons. The number of pyridine rings is 1. The van der Waals surface area contributed by atoms with Gasteiger partial charge in [0, 0.05) is 6.20 Å². The predicted octanol–water partition coefficient (Wildman–Crippen LogP) is 1.33. The highest BCUT2D eigenvalue weighted by Gasteiger charge is 2.42. The molecule has 0 bridgehead atoms. The van der Waals surface area contributed by atoms with Crippen LogP contribution in [0.15, 0.2) is 24.4 Å². The van der Waals surface area contributed by atoms with E-state index in [2.05, 4.69) is 18.0 Å². The summed E-state index contributed by atoms with van der Waals surface area (Å²) in [4.78, 5) is 4.44. The van der Waals surface area contributed by atoms with Crippen molar-refractivity contribution in [3.05, 3.63) is 30.1 Å². The van der Waals surface area contributed by atoms with Gasteiger partial charge >= 0.3 is 0 Å². The molecule has 0 aliphatic carbocycles. The van der Waals surface area contributed by atoms with Crippen LogP contribution in [0.5, 0.6) is 0 Å². The highest BCUT2D eigenvalue weighted by molar-refractivity contribution is 5.20. The molecule has 3 heteroatoms. The minimum absolute atomic E-state index is 0.125. The first-order valence-electron chi connectivity index (χ1n) is 5.46. The van der Waals surface area contributed by atoms with Crippen molar-refractivity contribution in [2.75, 3.05) is 19.8 Å². The lowest BCUT2D eigenvalue weighted by molar-refractivity contribution is -0.0723. The fourth-order valence-corrected chi connectivity index (χ4v) is 2.15. The molecule has 1 aromatic heterocycles. The summed E-state index contributed by atoms with van der Waals surface area (Å²) in [5.74, 6) is 0.524. The van der Waals surface area contributed by atoms with E-state index in [4.69, 9.17) is 10.5 Å². The van der Waals surface area contributed by atoms with Crippen LogP contribution in [-0.4, -0.2) is 24.7 Å². The number of ether oxygens (including phenoxy) is 1. The third-order valence-electron chi connectivity index (χ3n) is 3.11. The Balaban J connectivity index is 2.15. The number of rotatable bonds is 4. The van der Waals surface area contributed by atoms with E-state index >= 15 is 0 Å². The molecular formula is C12H18N2O. The zero-order valence-electron chi connectivity index (χ0n) is 9.15. The van der Waals surface area contributed by atoms with Gasteiger partial charge in [0.25, 0.3) is 0 Å². The molecule has 1 fully saturated rings. The van der Waals surface area contributed by atoms with Crippen LogP contribution in [0.4, 0.5) is 0 Å². The molecule has 2 N–H and O–H groups in total. The van der Waals surface area contributed by atoms with Gasteiger partial charge in [-0.3, -0.25) is 4.98 Å². The van der Waals surface area contributed by atoms with Crippen molar-refractivity contribution in [1.29, 1.82) is 0 Å². The van der Waals surface area contributed by atoms with Gasteiger partial charge in [0.2, 0.25) is 0 Å². The minimum Gasteiger partial charge on any atom is -0.379 e. The molecule has 1 aliphatic heterocycles. The molecule has 2 heterocycles. The maximum Gasteiger partial charge on any atom is 0.0601 e. The molecule has 0 amide bonds. The summed E-state index contributed by atoms with van der Waals surface area (Å²) in [7, 11) is 0. The molecule has 1 aromatic rings. The Kier molecular flexibility index (Phi) is 3.03. The second kappa shape index (κ2) is 4.29. The van der Waals surface area contributed by atoms with Gasteiger partial charge in [-0.15, -0.1) is 0 Å². The summed E-state index contributed by atoms with van der Waals surface area (Å²) >= 11 is 0. The number of nitrogens with zero attached hydrogens (tertiary/aromatic N) is 1. The van der Waals surface area contributed by atoms with Crippen LogP contribution in [-0.2, 0) is 10.2 Å². The minimum atomic E-state index is 0.125. The third-order valence-corrected chi connectivity index (χ3v) is 3.11. The van der Waals surface area contributed by atoms with Crippen molar-refractivity contribution in [2.24, 2.45) is 11.7 Å². The zero-order chi connectivity index (χ0) is 10.7. The topological polar surface area (TPSA) is 48.1 Å². The van der Waals surface area contributed by atoms with Gasteiger partial charge in [0.05, 0.1) is 24.3 Å². The van der Waals surface area contributed by atoms with E-state index in [9.17, 15) is 0 Å². The Morgan fingerprint density at radius 2 is 2.33 bits per heavy atom. The molecule has 1 atom stereocenters. The molecule has 1 unspecified atom stereocenters. The molecular weight excluding hydrogens is 188 g/mol. The molecule has 3 nitrogen and oxygen atoms in total. The highest BCUT2D eigenvalue weighted by atomic mass is 16.5. The quantitative estimate of drug-likeness (QED) is 0.808. The normalized spacial score (nSPS) is 20.7. The van der Waals surface area contributed by atoms with E-state index in [1.807, 2.05) is 18.3 Å². The molecule has 0 radical (unpaired) electrons. The summed E-state index contributed by atoms with van der Waals surface area (Å²) in [6.07, 6.45) is 2.92. The summed E-state index contributed by atoms with van der Waals surface area (Å²) in [5, 5.41) is 0. The standard InChI is InChI=1S/C12H18N2O/c1-10(7-13)6-12(8-15-9-12)11-4-2-3-5-14-11/h2-5,10H,6-9,13H2,1H3. The predicted molar refractivity (Wildman–Crippen MR) is 59.6 cm³/mol. The maximum atomic E-state index is 5.67. The van der Waals surface area contributed by atoms with E-state index in [-0.39, 0.29) is 5.41 Å². The van der Waals surface area contributed by atoms with Gasteiger partial charge in [0.15, 0.2) is 0 Å². The summed E-state index contributed by atoms with van der Waals surface area (Å²) < 4.78 is 5.36. The van der Waals surface area contributed by atoms with Crippen LogP contribution in [0.25, 0.3) is 0 Å². The lowest BCUT2D eigenvalue weighted by atomic mass is 9.75. The molecule has 1 saturated heterocycles. The average Bonchev–Trinajstić information content (AvgIpc) is 2.24. The number of hydrogen-bond acceptors (Lipinski definition) is 3. The number of hydrogen-bond donors (Lipinski definition) is 1. The lowest BCUT2D eigenvalue weighted by Crippen LogP contribution is -2.49. The van der Waals surface area contributed by atoms with E-state index in [1.165, 1.54) is 0 Å². The van der Waals surface area contributed by atoms with Crippen LogP contribution in [0.2, 0.25) is 0 Å². The van der Waals surface area contributed by atoms with Gasteiger partial charge < -0.3 is 10.5 Å². The summed E-state index contributed by atoms with van der Waals surface area (Å²) in [6.45, 7) is 4.49. The molecule has 0 spiro atoms. The van der Waals surface area contributed by atoms with Crippen molar-refractivity contribution in [3.8, 4) is 0 Å². The van der Waals surface area contributed by atoms with Gasteiger partial charge in [-0.1, -0.05) is 13.0 Å². The first kappa shape index (κ1) is 10.6. The number of aromatic nitrogens is 1. The number of nitrogens with two attached hydrogens (primary N) is 1. The molecule has 0 saturated carbocycles. The molecule has 0 aromatic carbocycles. The van der Waals surface area contributed by atoms with Gasteiger partial charge in [-0.2, -0.15) is 0 Å². The first-order chi connectivity index (χ1) is 7.27. The van der Waals surface area contributed by atoms with Crippen molar-refractivity contribution < 1.29 is 4.74 Å². The van der Waals surface area contributed by atoms with Crippen molar-refractivity contribution in [1.82, 2.24) is 4.98 Å². The Hall–Kier alpha value is -0.930. The Morgan fingerprint density at radius 1 is 1.53 bits per heavy atom. The molecule has 2 rings (SSSR count). The molecule has 1 aliphatic rings. The Labute approximate surface area is 90.7 Å². The van der Waals surface area contributed by atoms with Crippen molar-refractivity contribution >= 4 is 0 Å². The zero-order valence-corrected chi connectivity index (χ0v) is 9.15. The lowest BCUT2D eigenvalue weighted by Gasteiger charge is -2.42.